The van der Waals surface area contributed by atoms with E-state index in [-0.39, 0.29) is 54.7 Å². The Bertz CT molecular complexity index is 1180. The van der Waals surface area contributed by atoms with Gasteiger partial charge in [-0.1, -0.05) is 12.1 Å². The number of hydrogen-bond acceptors (Lipinski definition) is 14. The van der Waals surface area contributed by atoms with Crippen LogP contribution >= 0.6 is 24.8 Å². The van der Waals surface area contributed by atoms with E-state index in [0.29, 0.717) is 0 Å². The molecular formula is C27H36Cl2O14. The van der Waals surface area contributed by atoms with Gasteiger partial charge in [0.25, 0.3) is 0 Å². The van der Waals surface area contributed by atoms with Crippen LogP contribution in [0.25, 0.3) is 0 Å². The van der Waals surface area contributed by atoms with Crippen LogP contribution in [-0.2, 0) is 20.6 Å². The number of ketones is 1. The van der Waals surface area contributed by atoms with E-state index in [2.05, 4.69) is 0 Å². The third kappa shape index (κ3) is 8.17. The Morgan fingerprint density at radius 3 is 2.00 bits per heavy atom. The lowest BCUT2D eigenvalue weighted by Crippen LogP contribution is -2.64. The van der Waals surface area contributed by atoms with Crippen LogP contribution in [0, 0.1) is 0 Å². The summed E-state index contributed by atoms with van der Waals surface area (Å²) in [7, 11) is 0. The number of aliphatic hydroxyl groups is 6. The molecule has 0 saturated carbocycles. The summed E-state index contributed by atoms with van der Waals surface area (Å²) in [5.74, 6) is -2.00. The SMILES string of the molecule is C[C@@H]1O[C@@H](O[C@H]2[C@H](Oc3cc(O)c(C(=O)CCc4ccc(O)cc4)c(O)c3)O[C@H](CO)[C@@H](O)[C@@H]2O)[C@H](O)[C@H](O)[C@H]1O.Cl.Cl. The van der Waals surface area contributed by atoms with Gasteiger partial charge >= 0.3 is 0 Å². The number of Topliss-reactive ketones (excluding diaryl/α,β-unsaturated/α-hetero) is 1. The predicted octanol–water partition coefficient (Wildman–Crippen LogP) is -0.507. The zero-order chi connectivity index (χ0) is 30.0. The van der Waals surface area contributed by atoms with Gasteiger partial charge in [0.1, 0.15) is 65.2 Å². The standard InChI is InChI=1S/C27H34O14.2ClH/c1-11-20(33)22(35)24(37)26(38-11)41-25-23(36)21(34)18(10-28)40-27(25)39-14-8-16(31)19(17(32)9-14)15(30)7-4-12-2-5-13(29)6-3-12;;/h2-3,5-6,8-9,11,18,20-29,31-37H,4,7,10H2,1H3;2*1H/t11-,18+,20-,21+,22+,23-,24+,25+,26-,27+;;/m0../s1. The molecular weight excluding hydrogens is 619 g/mol. The Morgan fingerprint density at radius 2 is 1.42 bits per heavy atom. The monoisotopic (exact) mass is 654 g/mol. The number of aliphatic hydroxyl groups excluding tert-OH is 6. The number of carbonyl (C=O) groups excluding carboxylic acids is 1. The number of ether oxygens (including phenoxy) is 4. The summed E-state index contributed by atoms with van der Waals surface area (Å²) in [5, 5.41) is 91.5. The van der Waals surface area contributed by atoms with Gasteiger partial charge in [0.2, 0.25) is 6.29 Å². The first-order chi connectivity index (χ1) is 19.4. The van der Waals surface area contributed by atoms with E-state index in [1.165, 1.54) is 19.1 Å². The number of phenols is 3. The number of aromatic hydroxyl groups is 3. The van der Waals surface area contributed by atoms with Crippen molar-refractivity contribution < 1.29 is 69.7 Å². The maximum atomic E-state index is 12.7. The molecule has 0 spiro atoms. The molecule has 0 radical (unpaired) electrons. The Kier molecular flexibility index (Phi) is 13.2. The van der Waals surface area contributed by atoms with Crippen molar-refractivity contribution in [2.45, 2.75) is 81.2 Å². The molecule has 0 bridgehead atoms. The average Bonchev–Trinajstić information content (AvgIpc) is 2.93. The molecule has 14 nitrogen and oxygen atoms in total. The van der Waals surface area contributed by atoms with Gasteiger partial charge in [0.15, 0.2) is 18.2 Å². The van der Waals surface area contributed by atoms with Gasteiger partial charge in [-0.25, -0.2) is 0 Å². The molecule has 9 N–H and O–H groups in total. The fourth-order valence-electron chi connectivity index (χ4n) is 4.70. The van der Waals surface area contributed by atoms with Crippen molar-refractivity contribution in [3.8, 4) is 23.0 Å². The lowest BCUT2D eigenvalue weighted by molar-refractivity contribution is -0.354. The number of halogens is 2. The summed E-state index contributed by atoms with van der Waals surface area (Å²) in [4.78, 5) is 12.7. The Hall–Kier alpha value is -2.47. The molecule has 10 atom stereocenters. The molecule has 242 valence electrons. The predicted molar refractivity (Wildman–Crippen MR) is 151 cm³/mol. The summed E-state index contributed by atoms with van der Waals surface area (Å²) in [6.45, 7) is 0.675. The van der Waals surface area contributed by atoms with Gasteiger partial charge in [-0.05, 0) is 31.0 Å². The summed E-state index contributed by atoms with van der Waals surface area (Å²) in [6.07, 6.45) is -15.3. The Labute approximate surface area is 258 Å². The summed E-state index contributed by atoms with van der Waals surface area (Å²) in [6, 6.07) is 8.22. The third-order valence-electron chi connectivity index (χ3n) is 7.10. The van der Waals surface area contributed by atoms with Gasteiger partial charge in [-0.2, -0.15) is 0 Å². The molecule has 0 amide bonds. The minimum absolute atomic E-state index is 0. The first-order valence-electron chi connectivity index (χ1n) is 12.9. The highest BCUT2D eigenvalue weighted by molar-refractivity contribution is 6.01. The van der Waals surface area contributed by atoms with Gasteiger partial charge in [0, 0.05) is 18.6 Å². The molecule has 2 aliphatic heterocycles. The van der Waals surface area contributed by atoms with E-state index in [4.69, 9.17) is 18.9 Å². The lowest BCUT2D eigenvalue weighted by Gasteiger charge is -2.45. The molecule has 2 fully saturated rings. The second-order valence-electron chi connectivity index (χ2n) is 10.0. The first-order valence-corrected chi connectivity index (χ1v) is 12.9. The molecule has 2 aliphatic rings. The quantitative estimate of drug-likeness (QED) is 0.155. The molecule has 43 heavy (non-hydrogen) atoms. The number of phenolic OH excluding ortho intramolecular Hbond substituents is 3. The van der Waals surface area contributed by atoms with Crippen LogP contribution in [0.15, 0.2) is 36.4 Å². The minimum atomic E-state index is -1.77. The summed E-state index contributed by atoms with van der Waals surface area (Å²) < 4.78 is 22.2. The molecule has 0 aliphatic carbocycles. The second kappa shape index (κ2) is 15.5. The summed E-state index contributed by atoms with van der Waals surface area (Å²) in [5.41, 5.74) is 0.385. The molecule has 2 saturated heterocycles. The van der Waals surface area contributed by atoms with E-state index < -0.39 is 85.3 Å². The highest BCUT2D eigenvalue weighted by Gasteiger charge is 2.51. The highest BCUT2D eigenvalue weighted by atomic mass is 35.5. The van der Waals surface area contributed by atoms with Crippen LogP contribution in [0.3, 0.4) is 0 Å². The number of benzene rings is 2. The van der Waals surface area contributed by atoms with Crippen molar-refractivity contribution in [3.63, 3.8) is 0 Å². The van der Waals surface area contributed by atoms with Crippen molar-refractivity contribution in [1.29, 1.82) is 0 Å². The minimum Gasteiger partial charge on any atom is -0.508 e. The van der Waals surface area contributed by atoms with E-state index in [1.807, 2.05) is 0 Å². The second-order valence-corrected chi connectivity index (χ2v) is 10.0. The van der Waals surface area contributed by atoms with Crippen LogP contribution in [0.5, 0.6) is 23.0 Å². The maximum Gasteiger partial charge on any atom is 0.229 e. The maximum absolute atomic E-state index is 12.7. The number of carbonyl (C=O) groups is 1. The van der Waals surface area contributed by atoms with Crippen LogP contribution < -0.4 is 4.74 Å². The van der Waals surface area contributed by atoms with Crippen molar-refractivity contribution in [3.05, 3.63) is 47.5 Å². The molecule has 16 heteroatoms. The van der Waals surface area contributed by atoms with Gasteiger partial charge in [-0.3, -0.25) is 4.79 Å². The lowest BCUT2D eigenvalue weighted by atomic mass is 9.97. The van der Waals surface area contributed by atoms with Gasteiger partial charge in [-0.15, -0.1) is 24.8 Å². The van der Waals surface area contributed by atoms with Crippen LogP contribution in [-0.4, -0.2) is 120 Å². The number of hydrogen-bond donors (Lipinski definition) is 9. The van der Waals surface area contributed by atoms with Crippen LogP contribution in [0.2, 0.25) is 0 Å². The molecule has 2 aromatic rings. The molecule has 0 unspecified atom stereocenters. The molecule has 0 aromatic heterocycles. The number of aryl methyl sites for hydroxylation is 1. The van der Waals surface area contributed by atoms with Gasteiger partial charge < -0.3 is 64.9 Å². The highest BCUT2D eigenvalue weighted by Crippen LogP contribution is 2.36. The van der Waals surface area contributed by atoms with Crippen LogP contribution in [0.1, 0.15) is 29.3 Å². The largest absolute Gasteiger partial charge is 0.508 e. The van der Waals surface area contributed by atoms with Gasteiger partial charge in [0.05, 0.1) is 12.7 Å². The van der Waals surface area contributed by atoms with Crippen molar-refractivity contribution in [1.82, 2.24) is 0 Å². The van der Waals surface area contributed by atoms with Crippen molar-refractivity contribution in [2.75, 3.05) is 6.61 Å². The average molecular weight is 655 g/mol. The van der Waals surface area contributed by atoms with E-state index in [9.17, 15) is 50.8 Å². The zero-order valence-corrected chi connectivity index (χ0v) is 24.4. The topological polar surface area (TPSA) is 236 Å². The molecule has 4 rings (SSSR count). The smallest absolute Gasteiger partial charge is 0.229 e. The van der Waals surface area contributed by atoms with Crippen molar-refractivity contribution in [2.24, 2.45) is 0 Å². The summed E-state index contributed by atoms with van der Waals surface area (Å²) >= 11 is 0. The zero-order valence-electron chi connectivity index (χ0n) is 22.7. The number of rotatable bonds is 9. The normalized spacial score (nSPS) is 32.3. The van der Waals surface area contributed by atoms with E-state index in [0.717, 1.165) is 17.7 Å². The Balaban J connectivity index is 0.00000323. The third-order valence-corrected chi connectivity index (χ3v) is 7.10. The van der Waals surface area contributed by atoms with Crippen molar-refractivity contribution >= 4 is 30.6 Å². The fourth-order valence-corrected chi connectivity index (χ4v) is 4.70. The molecule has 2 heterocycles. The molecule has 2 aromatic carbocycles. The van der Waals surface area contributed by atoms with E-state index in [1.54, 1.807) is 12.1 Å². The first kappa shape index (κ1) is 36.7. The Morgan fingerprint density at radius 1 is 0.814 bits per heavy atom. The van der Waals surface area contributed by atoms with Crippen LogP contribution in [0.4, 0.5) is 0 Å². The fraction of sp³-hybridized carbons (Fsp3) is 0.519. The van der Waals surface area contributed by atoms with E-state index >= 15 is 0 Å².